The second-order valence-corrected chi connectivity index (χ2v) is 8.06. The summed E-state index contributed by atoms with van der Waals surface area (Å²) < 4.78 is 5.93. The molecule has 0 aliphatic heterocycles. The van der Waals surface area contributed by atoms with Gasteiger partial charge in [0.1, 0.15) is 21.7 Å². The van der Waals surface area contributed by atoms with Gasteiger partial charge in [0.2, 0.25) is 0 Å². The number of rotatable bonds is 4. The number of carbonyl (C=O) groups is 1. The van der Waals surface area contributed by atoms with Crippen molar-refractivity contribution in [1.82, 2.24) is 5.43 Å². The maximum absolute atomic E-state index is 12.4. The van der Waals surface area contributed by atoms with Crippen molar-refractivity contribution in [2.24, 2.45) is 5.10 Å². The van der Waals surface area contributed by atoms with Gasteiger partial charge in [-0.3, -0.25) is 4.79 Å². The molecule has 0 aliphatic carbocycles. The van der Waals surface area contributed by atoms with Gasteiger partial charge in [0.05, 0.1) is 17.0 Å². The molecule has 3 aromatic carbocycles. The molecule has 0 radical (unpaired) electrons. The predicted molar refractivity (Wildman–Crippen MR) is 122 cm³/mol. The summed E-state index contributed by atoms with van der Waals surface area (Å²) in [6.45, 7) is 0. The van der Waals surface area contributed by atoms with Crippen LogP contribution in [-0.2, 0) is 0 Å². The molecule has 30 heavy (non-hydrogen) atoms. The molecule has 1 aromatic heterocycles. The van der Waals surface area contributed by atoms with Crippen molar-refractivity contribution in [3.05, 3.63) is 80.9 Å². The maximum atomic E-state index is 12.4. The largest absolute Gasteiger partial charge is 0.506 e. The van der Waals surface area contributed by atoms with Gasteiger partial charge in [0.15, 0.2) is 0 Å². The topological polar surface area (TPSA) is 95.1 Å². The first-order chi connectivity index (χ1) is 14.4. The number of aromatic hydroxyl groups is 2. The number of hydrazone groups is 1. The van der Waals surface area contributed by atoms with Crippen molar-refractivity contribution in [3.63, 3.8) is 0 Å². The van der Waals surface area contributed by atoms with Crippen LogP contribution in [0.5, 0.6) is 11.5 Å². The van der Waals surface area contributed by atoms with Crippen molar-refractivity contribution in [3.8, 4) is 22.8 Å². The molecule has 0 atom stereocenters. The zero-order chi connectivity index (χ0) is 21.3. The zero-order valence-corrected chi connectivity index (χ0v) is 18.4. The van der Waals surface area contributed by atoms with Gasteiger partial charge in [-0.15, -0.1) is 0 Å². The van der Waals surface area contributed by atoms with E-state index in [0.29, 0.717) is 15.6 Å². The van der Waals surface area contributed by atoms with E-state index < -0.39 is 0 Å². The number of nitrogens with zero attached hydrogens (tertiary/aromatic N) is 1. The summed E-state index contributed by atoms with van der Waals surface area (Å²) in [5.41, 5.74) is 4.16. The summed E-state index contributed by atoms with van der Waals surface area (Å²) >= 11 is 6.28. The highest BCUT2D eigenvalue weighted by Crippen LogP contribution is 2.40. The smallest absolute Gasteiger partial charge is 0.271 e. The number of fused-ring (bicyclic) bond motifs is 1. The molecule has 0 saturated carbocycles. The first kappa shape index (κ1) is 20.2. The summed E-state index contributed by atoms with van der Waals surface area (Å²) in [7, 11) is 0. The normalized spacial score (nSPS) is 11.3. The Morgan fingerprint density at radius 1 is 1.00 bits per heavy atom. The second kappa shape index (κ2) is 8.33. The Morgan fingerprint density at radius 3 is 2.53 bits per heavy atom. The number of hydrogen-bond acceptors (Lipinski definition) is 5. The fourth-order valence-electron chi connectivity index (χ4n) is 2.92. The van der Waals surface area contributed by atoms with Gasteiger partial charge in [0.25, 0.3) is 5.91 Å². The van der Waals surface area contributed by atoms with Crippen LogP contribution in [0.25, 0.3) is 22.1 Å². The van der Waals surface area contributed by atoms with Gasteiger partial charge in [-0.1, -0.05) is 18.2 Å². The highest BCUT2D eigenvalue weighted by atomic mass is 79.9. The molecular formula is C22H14Br2N2O4. The van der Waals surface area contributed by atoms with Gasteiger partial charge in [-0.25, -0.2) is 5.43 Å². The lowest BCUT2D eigenvalue weighted by Crippen LogP contribution is -2.17. The van der Waals surface area contributed by atoms with Crippen molar-refractivity contribution < 1.29 is 19.4 Å². The Balaban J connectivity index is 1.52. The third kappa shape index (κ3) is 3.96. The molecule has 6 nitrogen and oxygen atoms in total. The summed E-state index contributed by atoms with van der Waals surface area (Å²) in [5, 5.41) is 25.6. The molecule has 4 rings (SSSR count). The minimum absolute atomic E-state index is 0.125. The highest BCUT2D eigenvalue weighted by Gasteiger charge is 2.13. The molecule has 0 fully saturated rings. The molecule has 0 spiro atoms. The van der Waals surface area contributed by atoms with Crippen LogP contribution in [0.3, 0.4) is 0 Å². The standard InChI is InChI=1S/C22H14Br2N2O4/c23-17-10-16(20(27)19(24)21(17)28)11-25-26-22(29)15-6-4-12-8-14(5-3-13(12)9-15)18-2-1-7-30-18/h1-11,27-28H,(H,26,29)/b25-11+. The number of benzene rings is 3. The van der Waals surface area contributed by atoms with Crippen LogP contribution < -0.4 is 5.43 Å². The molecule has 3 N–H and O–H groups in total. The molecular weight excluding hydrogens is 516 g/mol. The molecule has 0 unspecified atom stereocenters. The van der Waals surface area contributed by atoms with E-state index in [2.05, 4.69) is 42.4 Å². The van der Waals surface area contributed by atoms with E-state index in [4.69, 9.17) is 4.42 Å². The number of phenols is 2. The molecule has 0 aliphatic rings. The van der Waals surface area contributed by atoms with Crippen molar-refractivity contribution >= 4 is 54.8 Å². The van der Waals surface area contributed by atoms with E-state index >= 15 is 0 Å². The van der Waals surface area contributed by atoms with E-state index in [1.54, 1.807) is 18.4 Å². The maximum Gasteiger partial charge on any atom is 0.271 e. The number of carbonyl (C=O) groups excluding carboxylic acids is 1. The molecule has 0 saturated heterocycles. The first-order valence-electron chi connectivity index (χ1n) is 8.75. The SMILES string of the molecule is O=C(N/N=C/c1cc(Br)c(O)c(Br)c1O)c1ccc2cc(-c3ccco3)ccc2c1. The second-order valence-electron chi connectivity index (χ2n) is 6.41. The van der Waals surface area contributed by atoms with Crippen LogP contribution >= 0.6 is 31.9 Å². The Morgan fingerprint density at radius 2 is 1.77 bits per heavy atom. The first-order valence-corrected chi connectivity index (χ1v) is 10.3. The summed E-state index contributed by atoms with van der Waals surface area (Å²) in [6, 6.07) is 16.4. The van der Waals surface area contributed by atoms with Gasteiger partial charge in [0, 0.05) is 16.7 Å². The average Bonchev–Trinajstić information content (AvgIpc) is 3.30. The van der Waals surface area contributed by atoms with Crippen LogP contribution in [-0.4, -0.2) is 22.3 Å². The predicted octanol–water partition coefficient (Wildman–Crippen LogP) is 5.80. The van der Waals surface area contributed by atoms with E-state index in [1.165, 1.54) is 12.3 Å². The lowest BCUT2D eigenvalue weighted by Gasteiger charge is -2.07. The van der Waals surface area contributed by atoms with E-state index in [-0.39, 0.29) is 21.9 Å². The van der Waals surface area contributed by atoms with E-state index in [1.807, 2.05) is 36.4 Å². The number of amides is 1. The van der Waals surface area contributed by atoms with Crippen molar-refractivity contribution in [2.45, 2.75) is 0 Å². The van der Waals surface area contributed by atoms with Gasteiger partial charge < -0.3 is 14.6 Å². The Bertz CT molecular complexity index is 1280. The number of halogens is 2. The lowest BCUT2D eigenvalue weighted by molar-refractivity contribution is 0.0955. The Kier molecular flexibility index (Phi) is 5.61. The van der Waals surface area contributed by atoms with E-state index in [0.717, 1.165) is 22.1 Å². The number of phenolic OH excluding ortho intramolecular Hbond substituents is 2. The summed E-state index contributed by atoms with van der Waals surface area (Å²) in [4.78, 5) is 12.4. The highest BCUT2D eigenvalue weighted by molar-refractivity contribution is 9.11. The van der Waals surface area contributed by atoms with Crippen LogP contribution in [0.15, 0.2) is 79.3 Å². The van der Waals surface area contributed by atoms with Gasteiger partial charge in [-0.05, 0) is 79.0 Å². The molecule has 1 amide bonds. The Hall–Kier alpha value is -3.10. The number of hydrogen-bond donors (Lipinski definition) is 3. The minimum atomic E-state index is -0.389. The minimum Gasteiger partial charge on any atom is -0.506 e. The fraction of sp³-hybridized carbons (Fsp3) is 0. The van der Waals surface area contributed by atoms with Gasteiger partial charge in [-0.2, -0.15) is 5.10 Å². The van der Waals surface area contributed by atoms with Gasteiger partial charge >= 0.3 is 0 Å². The quantitative estimate of drug-likeness (QED) is 0.230. The Labute approximate surface area is 188 Å². The van der Waals surface area contributed by atoms with Crippen LogP contribution in [0.1, 0.15) is 15.9 Å². The lowest BCUT2D eigenvalue weighted by atomic mass is 10.0. The van der Waals surface area contributed by atoms with Crippen LogP contribution in [0, 0.1) is 0 Å². The molecule has 150 valence electrons. The fourth-order valence-corrected chi connectivity index (χ4v) is 4.08. The average molecular weight is 530 g/mol. The van der Waals surface area contributed by atoms with Crippen molar-refractivity contribution in [1.29, 1.82) is 0 Å². The molecule has 4 aromatic rings. The van der Waals surface area contributed by atoms with Crippen LogP contribution in [0.4, 0.5) is 0 Å². The summed E-state index contributed by atoms with van der Waals surface area (Å²) in [6.07, 6.45) is 2.92. The third-order valence-electron chi connectivity index (χ3n) is 4.48. The van der Waals surface area contributed by atoms with E-state index in [9.17, 15) is 15.0 Å². The molecule has 0 bridgehead atoms. The third-order valence-corrected chi connectivity index (χ3v) is 5.83. The molecule has 1 heterocycles. The monoisotopic (exact) mass is 528 g/mol. The summed E-state index contributed by atoms with van der Waals surface area (Å²) in [5.74, 6) is 0.0790. The van der Waals surface area contributed by atoms with Crippen LogP contribution in [0.2, 0.25) is 0 Å². The number of nitrogens with one attached hydrogen (secondary N) is 1. The zero-order valence-electron chi connectivity index (χ0n) is 15.3. The molecule has 8 heteroatoms. The number of furan rings is 1. The van der Waals surface area contributed by atoms with Crippen molar-refractivity contribution in [2.75, 3.05) is 0 Å².